The number of nitrogens with zero attached hydrogens (tertiary/aromatic N) is 3. The third-order valence-corrected chi connectivity index (χ3v) is 6.55. The van der Waals surface area contributed by atoms with Crippen LogP contribution in [0.25, 0.3) is 10.8 Å². The number of nitro groups is 1. The van der Waals surface area contributed by atoms with Crippen LogP contribution in [0.1, 0.15) is 46.4 Å². The standard InChI is InChI=1S/C20H19N3O4/c1-21-11-5-6-12(21)10-13(9-11)22-19(24)15-4-2-3-14-17(23(26)27)8-7-16(18(14)15)20(22)25/h2-4,7-8,11-13H,5-6,9-10H2,1H3/t11-,12+,13?. The Bertz CT molecular complexity index is 981. The van der Waals surface area contributed by atoms with Gasteiger partial charge in [-0.2, -0.15) is 0 Å². The summed E-state index contributed by atoms with van der Waals surface area (Å²) >= 11 is 0. The minimum Gasteiger partial charge on any atom is -0.300 e. The van der Waals surface area contributed by atoms with Gasteiger partial charge in [0.25, 0.3) is 17.5 Å². The van der Waals surface area contributed by atoms with Gasteiger partial charge in [-0.1, -0.05) is 6.07 Å². The van der Waals surface area contributed by atoms with Gasteiger partial charge in [0.05, 0.1) is 10.3 Å². The van der Waals surface area contributed by atoms with Gasteiger partial charge in [0, 0.05) is 40.7 Å². The first-order valence-corrected chi connectivity index (χ1v) is 9.27. The molecule has 3 heterocycles. The van der Waals surface area contributed by atoms with Crippen LogP contribution in [0.15, 0.2) is 30.3 Å². The summed E-state index contributed by atoms with van der Waals surface area (Å²) in [7, 11) is 2.12. The van der Waals surface area contributed by atoms with Crippen molar-refractivity contribution >= 4 is 28.3 Å². The van der Waals surface area contributed by atoms with Gasteiger partial charge in [-0.25, -0.2) is 0 Å². The zero-order valence-electron chi connectivity index (χ0n) is 14.9. The molecule has 3 aliphatic heterocycles. The van der Waals surface area contributed by atoms with Crippen molar-refractivity contribution in [1.29, 1.82) is 0 Å². The summed E-state index contributed by atoms with van der Waals surface area (Å²) in [5, 5.41) is 12.1. The summed E-state index contributed by atoms with van der Waals surface area (Å²) in [6, 6.07) is 8.48. The molecule has 0 radical (unpaired) electrons. The van der Waals surface area contributed by atoms with Crippen molar-refractivity contribution in [2.24, 2.45) is 0 Å². The van der Waals surface area contributed by atoms with Gasteiger partial charge >= 0.3 is 0 Å². The second-order valence-corrected chi connectivity index (χ2v) is 7.77. The van der Waals surface area contributed by atoms with Crippen molar-refractivity contribution in [3.8, 4) is 0 Å². The van der Waals surface area contributed by atoms with Gasteiger partial charge in [0.15, 0.2) is 0 Å². The Morgan fingerprint density at radius 3 is 2.22 bits per heavy atom. The number of rotatable bonds is 2. The molecule has 0 spiro atoms. The molecule has 0 N–H and O–H groups in total. The Kier molecular flexibility index (Phi) is 3.40. The van der Waals surface area contributed by atoms with Crippen LogP contribution in [-0.2, 0) is 0 Å². The van der Waals surface area contributed by atoms with Crippen LogP contribution in [0.5, 0.6) is 0 Å². The number of fused-ring (bicyclic) bond motifs is 2. The van der Waals surface area contributed by atoms with E-state index in [9.17, 15) is 19.7 Å². The van der Waals surface area contributed by atoms with E-state index in [0.717, 1.165) is 25.7 Å². The Morgan fingerprint density at radius 2 is 1.59 bits per heavy atom. The Morgan fingerprint density at radius 1 is 0.963 bits per heavy atom. The molecule has 2 fully saturated rings. The smallest absolute Gasteiger partial charge is 0.277 e. The summed E-state index contributed by atoms with van der Waals surface area (Å²) in [5.74, 6) is -0.653. The van der Waals surface area contributed by atoms with E-state index in [-0.39, 0.29) is 23.5 Å². The first-order chi connectivity index (χ1) is 13.0. The van der Waals surface area contributed by atoms with E-state index in [2.05, 4.69) is 11.9 Å². The minimum atomic E-state index is -0.473. The molecule has 3 atom stereocenters. The maximum Gasteiger partial charge on any atom is 0.277 e. The predicted molar refractivity (Wildman–Crippen MR) is 98.7 cm³/mol. The number of carbonyl (C=O) groups excluding carboxylic acids is 2. The van der Waals surface area contributed by atoms with Crippen molar-refractivity contribution in [2.75, 3.05) is 7.05 Å². The molecular formula is C20H19N3O4. The average molecular weight is 365 g/mol. The van der Waals surface area contributed by atoms with Crippen LogP contribution in [0.2, 0.25) is 0 Å². The third-order valence-electron chi connectivity index (χ3n) is 6.55. The van der Waals surface area contributed by atoms with Gasteiger partial charge in [-0.05, 0) is 50.9 Å². The molecule has 2 amide bonds. The zero-order chi connectivity index (χ0) is 18.9. The van der Waals surface area contributed by atoms with Crippen LogP contribution in [-0.4, -0.2) is 51.7 Å². The number of hydrogen-bond acceptors (Lipinski definition) is 5. The second-order valence-electron chi connectivity index (χ2n) is 7.77. The van der Waals surface area contributed by atoms with E-state index < -0.39 is 4.92 Å². The van der Waals surface area contributed by atoms with Crippen LogP contribution in [0.4, 0.5) is 5.69 Å². The number of piperidine rings is 1. The molecular weight excluding hydrogens is 346 g/mol. The molecule has 0 saturated carbocycles. The summed E-state index contributed by atoms with van der Waals surface area (Å²) < 4.78 is 0. The van der Waals surface area contributed by atoms with Crippen LogP contribution < -0.4 is 0 Å². The SMILES string of the molecule is CN1[C@@H]2CC[C@H]1CC(N1C(=O)c3cccc4c([N+](=O)[O-])ccc(c34)C1=O)C2. The number of nitro benzene ring substituents is 1. The molecule has 7 heteroatoms. The lowest BCUT2D eigenvalue weighted by Crippen LogP contribution is -2.54. The van der Waals surface area contributed by atoms with Gasteiger partial charge in [-0.15, -0.1) is 0 Å². The predicted octanol–water partition coefficient (Wildman–Crippen LogP) is 2.97. The van der Waals surface area contributed by atoms with E-state index >= 15 is 0 Å². The lowest BCUT2D eigenvalue weighted by atomic mass is 9.89. The fraction of sp³-hybridized carbons (Fsp3) is 0.400. The van der Waals surface area contributed by atoms with E-state index in [1.807, 2.05) is 0 Å². The fourth-order valence-electron chi connectivity index (χ4n) is 5.18. The normalized spacial score (nSPS) is 27.4. The highest BCUT2D eigenvalue weighted by Gasteiger charge is 2.45. The first kappa shape index (κ1) is 16.4. The van der Waals surface area contributed by atoms with E-state index in [4.69, 9.17) is 0 Å². The van der Waals surface area contributed by atoms with E-state index in [1.165, 1.54) is 17.0 Å². The number of amides is 2. The minimum absolute atomic E-state index is 0.0815. The topological polar surface area (TPSA) is 83.8 Å². The molecule has 7 nitrogen and oxygen atoms in total. The van der Waals surface area contributed by atoms with Crippen LogP contribution >= 0.6 is 0 Å². The number of imide groups is 1. The molecule has 2 bridgehead atoms. The molecule has 27 heavy (non-hydrogen) atoms. The van der Waals surface area contributed by atoms with E-state index in [1.54, 1.807) is 18.2 Å². The molecule has 1 unspecified atom stereocenters. The van der Waals surface area contributed by atoms with Crippen LogP contribution in [0, 0.1) is 10.1 Å². The summed E-state index contributed by atoms with van der Waals surface area (Å²) in [6.07, 6.45) is 3.80. The highest BCUT2D eigenvalue weighted by molar-refractivity contribution is 6.26. The highest BCUT2D eigenvalue weighted by atomic mass is 16.6. The average Bonchev–Trinajstić information content (AvgIpc) is 2.86. The van der Waals surface area contributed by atoms with Gasteiger partial charge in [0.2, 0.25) is 0 Å². The molecule has 2 saturated heterocycles. The Balaban J connectivity index is 1.62. The van der Waals surface area contributed by atoms with Crippen molar-refractivity contribution < 1.29 is 14.5 Å². The Labute approximate surface area is 155 Å². The van der Waals surface area contributed by atoms with Crippen molar-refractivity contribution in [3.05, 3.63) is 51.6 Å². The number of non-ortho nitro benzene ring substituents is 1. The lowest BCUT2D eigenvalue weighted by molar-refractivity contribution is -0.383. The summed E-state index contributed by atoms with van der Waals surface area (Å²) in [4.78, 5) is 41.1. The third kappa shape index (κ3) is 2.18. The monoisotopic (exact) mass is 365 g/mol. The zero-order valence-corrected chi connectivity index (χ0v) is 14.9. The lowest BCUT2D eigenvalue weighted by Gasteiger charge is -2.42. The molecule has 138 valence electrons. The highest BCUT2D eigenvalue weighted by Crippen LogP contribution is 2.40. The maximum absolute atomic E-state index is 13.2. The maximum atomic E-state index is 13.2. The fourth-order valence-corrected chi connectivity index (χ4v) is 5.18. The quantitative estimate of drug-likeness (QED) is 0.464. The molecule has 0 aliphatic carbocycles. The van der Waals surface area contributed by atoms with Crippen LogP contribution in [0.3, 0.4) is 0 Å². The van der Waals surface area contributed by atoms with Crippen molar-refractivity contribution in [2.45, 2.75) is 43.8 Å². The summed E-state index contributed by atoms with van der Waals surface area (Å²) in [5.41, 5.74) is 0.691. The molecule has 2 aromatic rings. The largest absolute Gasteiger partial charge is 0.300 e. The van der Waals surface area contributed by atoms with E-state index in [0.29, 0.717) is 34.0 Å². The van der Waals surface area contributed by atoms with Gasteiger partial charge in [0.1, 0.15) is 0 Å². The van der Waals surface area contributed by atoms with Crippen molar-refractivity contribution in [1.82, 2.24) is 9.80 Å². The second kappa shape index (κ2) is 5.60. The molecule has 5 rings (SSSR count). The number of benzene rings is 2. The van der Waals surface area contributed by atoms with Gasteiger partial charge < -0.3 is 4.90 Å². The first-order valence-electron chi connectivity index (χ1n) is 9.27. The molecule has 3 aliphatic rings. The molecule has 2 aromatic carbocycles. The molecule has 0 aromatic heterocycles. The number of carbonyl (C=O) groups is 2. The Hall–Kier alpha value is -2.80. The van der Waals surface area contributed by atoms with Gasteiger partial charge in [-0.3, -0.25) is 24.6 Å². The number of hydrogen-bond donors (Lipinski definition) is 0. The van der Waals surface area contributed by atoms with Crippen molar-refractivity contribution in [3.63, 3.8) is 0 Å². The summed E-state index contributed by atoms with van der Waals surface area (Å²) in [6.45, 7) is 0.